The average Bonchev–Trinajstić information content (AvgIpc) is 2.46. The summed E-state index contributed by atoms with van der Waals surface area (Å²) in [4.78, 5) is 11.6. The van der Waals surface area contributed by atoms with Crippen LogP contribution < -0.4 is 10.2 Å². The van der Waals surface area contributed by atoms with Gasteiger partial charge in [0.15, 0.2) is 6.61 Å². The summed E-state index contributed by atoms with van der Waals surface area (Å²) in [5.41, 5.74) is 3.23. The van der Waals surface area contributed by atoms with E-state index in [2.05, 4.69) is 26.5 Å². The van der Waals surface area contributed by atoms with Crippen molar-refractivity contribution in [2.24, 2.45) is 5.10 Å². The predicted molar refractivity (Wildman–Crippen MR) is 91.8 cm³/mol. The molecule has 7 heteroatoms. The molecule has 2 aromatic rings. The van der Waals surface area contributed by atoms with Crippen LogP contribution in [-0.4, -0.2) is 18.7 Å². The second kappa shape index (κ2) is 8.17. The summed E-state index contributed by atoms with van der Waals surface area (Å²) in [6.45, 7) is -0.197. The van der Waals surface area contributed by atoms with Crippen LogP contribution in [0.3, 0.4) is 0 Å². The van der Waals surface area contributed by atoms with Crippen LogP contribution in [0.4, 0.5) is 0 Å². The normalized spacial score (nSPS) is 10.7. The van der Waals surface area contributed by atoms with Crippen molar-refractivity contribution in [1.82, 2.24) is 5.43 Å². The zero-order chi connectivity index (χ0) is 15.9. The Kier molecular flexibility index (Phi) is 6.24. The second-order valence-electron chi connectivity index (χ2n) is 4.21. The highest BCUT2D eigenvalue weighted by Crippen LogP contribution is 2.27. The maximum absolute atomic E-state index is 11.6. The number of rotatable bonds is 5. The fourth-order valence-electron chi connectivity index (χ4n) is 1.53. The van der Waals surface area contributed by atoms with Crippen molar-refractivity contribution in [2.75, 3.05) is 6.61 Å². The third-order valence-corrected chi connectivity index (χ3v) is 3.53. The molecule has 1 N–H and O–H groups in total. The van der Waals surface area contributed by atoms with E-state index >= 15 is 0 Å². The summed E-state index contributed by atoms with van der Waals surface area (Å²) in [5, 5.41) is 4.70. The number of benzene rings is 2. The number of nitrogens with one attached hydrogen (secondary N) is 1. The summed E-state index contributed by atoms with van der Waals surface area (Å²) in [6.07, 6.45) is 1.54. The maximum atomic E-state index is 11.6. The largest absolute Gasteiger partial charge is 0.482 e. The molecular weight excluding hydrogens is 391 g/mol. The Labute approximate surface area is 146 Å². The van der Waals surface area contributed by atoms with Crippen molar-refractivity contribution < 1.29 is 9.53 Å². The quantitative estimate of drug-likeness (QED) is 0.600. The molecule has 0 bridgehead atoms. The third kappa shape index (κ3) is 5.33. The maximum Gasteiger partial charge on any atom is 0.277 e. The molecule has 22 heavy (non-hydrogen) atoms. The van der Waals surface area contributed by atoms with Crippen molar-refractivity contribution >= 4 is 51.3 Å². The molecule has 2 aromatic carbocycles. The standard InChI is InChI=1S/C15H11BrCl2N2O2/c16-11-3-1-2-10(6-11)8-19-20-15(21)9-22-14-5-4-12(17)7-13(14)18/h1-8H,9H2,(H,20,21). The van der Waals surface area contributed by atoms with E-state index in [1.807, 2.05) is 24.3 Å². The molecule has 0 fully saturated rings. The van der Waals surface area contributed by atoms with E-state index in [-0.39, 0.29) is 6.61 Å². The molecule has 114 valence electrons. The topological polar surface area (TPSA) is 50.7 Å². The third-order valence-electron chi connectivity index (χ3n) is 2.50. The zero-order valence-corrected chi connectivity index (χ0v) is 14.3. The Morgan fingerprint density at radius 2 is 2.09 bits per heavy atom. The van der Waals surface area contributed by atoms with E-state index in [1.54, 1.807) is 18.2 Å². The number of hydrogen-bond acceptors (Lipinski definition) is 3. The number of carbonyl (C=O) groups excluding carboxylic acids is 1. The number of halogens is 3. The summed E-state index contributed by atoms with van der Waals surface area (Å²) in [5.74, 6) is -0.00514. The number of amides is 1. The van der Waals surface area contributed by atoms with Crippen LogP contribution in [0.25, 0.3) is 0 Å². The van der Waals surface area contributed by atoms with E-state index in [4.69, 9.17) is 27.9 Å². The van der Waals surface area contributed by atoms with Crippen molar-refractivity contribution in [1.29, 1.82) is 0 Å². The van der Waals surface area contributed by atoms with E-state index in [9.17, 15) is 4.79 Å². The molecule has 0 spiro atoms. The Bertz CT molecular complexity index is 708. The van der Waals surface area contributed by atoms with Crippen LogP contribution in [0.1, 0.15) is 5.56 Å². The minimum atomic E-state index is -0.391. The molecule has 0 heterocycles. The number of carbonyl (C=O) groups is 1. The van der Waals surface area contributed by atoms with Gasteiger partial charge in [-0.25, -0.2) is 5.43 Å². The Hall–Kier alpha value is -1.56. The monoisotopic (exact) mass is 400 g/mol. The van der Waals surface area contributed by atoms with Gasteiger partial charge in [0.1, 0.15) is 5.75 Å². The molecule has 0 atom stereocenters. The lowest BCUT2D eigenvalue weighted by molar-refractivity contribution is -0.123. The molecule has 0 saturated carbocycles. The molecule has 0 aromatic heterocycles. The molecule has 0 aliphatic rings. The number of hydrogen-bond donors (Lipinski definition) is 1. The Balaban J connectivity index is 1.83. The molecular formula is C15H11BrCl2N2O2. The molecule has 0 saturated heterocycles. The van der Waals surface area contributed by atoms with E-state index in [0.717, 1.165) is 10.0 Å². The van der Waals surface area contributed by atoms with Gasteiger partial charge in [0.25, 0.3) is 5.91 Å². The minimum absolute atomic E-state index is 0.197. The highest BCUT2D eigenvalue weighted by atomic mass is 79.9. The molecule has 2 rings (SSSR count). The van der Waals surface area contributed by atoms with Crippen molar-refractivity contribution in [3.05, 3.63) is 62.5 Å². The van der Waals surface area contributed by atoms with Gasteiger partial charge in [-0.15, -0.1) is 0 Å². The summed E-state index contributed by atoms with van der Waals surface area (Å²) in [6, 6.07) is 12.3. The first-order valence-corrected chi connectivity index (χ1v) is 7.75. The SMILES string of the molecule is O=C(COc1ccc(Cl)cc1Cl)NN=Cc1cccc(Br)c1. The van der Waals surface area contributed by atoms with E-state index in [0.29, 0.717) is 15.8 Å². The summed E-state index contributed by atoms with van der Waals surface area (Å²) >= 11 is 15.1. The molecule has 0 unspecified atom stereocenters. The summed E-state index contributed by atoms with van der Waals surface area (Å²) in [7, 11) is 0. The smallest absolute Gasteiger partial charge is 0.277 e. The van der Waals surface area contributed by atoms with Crippen LogP contribution in [0.5, 0.6) is 5.75 Å². The molecule has 4 nitrogen and oxygen atoms in total. The first-order chi connectivity index (χ1) is 10.5. The fourth-order valence-corrected chi connectivity index (χ4v) is 2.41. The number of nitrogens with zero attached hydrogens (tertiary/aromatic N) is 1. The van der Waals surface area contributed by atoms with E-state index < -0.39 is 5.91 Å². The Morgan fingerprint density at radius 1 is 1.27 bits per heavy atom. The van der Waals surface area contributed by atoms with Gasteiger partial charge < -0.3 is 4.74 Å². The lowest BCUT2D eigenvalue weighted by Gasteiger charge is -2.06. The fraction of sp³-hybridized carbons (Fsp3) is 0.0667. The van der Waals surface area contributed by atoms with Crippen molar-refractivity contribution in [3.8, 4) is 5.75 Å². The molecule has 1 amide bonds. The van der Waals surface area contributed by atoms with Gasteiger partial charge >= 0.3 is 0 Å². The minimum Gasteiger partial charge on any atom is -0.482 e. The first-order valence-electron chi connectivity index (χ1n) is 6.20. The van der Waals surface area contributed by atoms with Gasteiger partial charge in [-0.1, -0.05) is 51.3 Å². The number of hydrazone groups is 1. The Morgan fingerprint density at radius 3 is 2.82 bits per heavy atom. The molecule has 0 radical (unpaired) electrons. The highest BCUT2D eigenvalue weighted by molar-refractivity contribution is 9.10. The van der Waals surface area contributed by atoms with Gasteiger partial charge in [0, 0.05) is 9.50 Å². The second-order valence-corrected chi connectivity index (χ2v) is 5.97. The van der Waals surface area contributed by atoms with Crippen LogP contribution in [0, 0.1) is 0 Å². The van der Waals surface area contributed by atoms with Crippen LogP contribution >= 0.6 is 39.1 Å². The summed E-state index contributed by atoms with van der Waals surface area (Å²) < 4.78 is 6.23. The van der Waals surface area contributed by atoms with Crippen molar-refractivity contribution in [3.63, 3.8) is 0 Å². The van der Waals surface area contributed by atoms with Gasteiger partial charge in [-0.05, 0) is 35.9 Å². The van der Waals surface area contributed by atoms with Crippen LogP contribution in [-0.2, 0) is 4.79 Å². The van der Waals surface area contributed by atoms with Gasteiger partial charge in [-0.3, -0.25) is 4.79 Å². The van der Waals surface area contributed by atoms with Crippen LogP contribution in [0.15, 0.2) is 52.0 Å². The number of ether oxygens (including phenoxy) is 1. The molecule has 0 aliphatic carbocycles. The average molecular weight is 402 g/mol. The van der Waals surface area contributed by atoms with Gasteiger partial charge in [0.2, 0.25) is 0 Å². The molecule has 0 aliphatic heterocycles. The van der Waals surface area contributed by atoms with Gasteiger partial charge in [-0.2, -0.15) is 5.10 Å². The van der Waals surface area contributed by atoms with E-state index in [1.165, 1.54) is 6.21 Å². The van der Waals surface area contributed by atoms with Gasteiger partial charge in [0.05, 0.1) is 11.2 Å². The highest BCUT2D eigenvalue weighted by Gasteiger charge is 2.05. The zero-order valence-electron chi connectivity index (χ0n) is 11.2. The van der Waals surface area contributed by atoms with Crippen molar-refractivity contribution in [2.45, 2.75) is 0 Å². The first kappa shape index (κ1) is 16.8. The lowest BCUT2D eigenvalue weighted by Crippen LogP contribution is -2.24. The predicted octanol–water partition coefficient (Wildman–Crippen LogP) is 4.29. The van der Waals surface area contributed by atoms with Crippen LogP contribution in [0.2, 0.25) is 10.0 Å². The lowest BCUT2D eigenvalue weighted by atomic mass is 10.2.